The lowest BCUT2D eigenvalue weighted by molar-refractivity contribution is -0.132. The Bertz CT molecular complexity index is 233. The molecule has 0 radical (unpaired) electrons. The van der Waals surface area contributed by atoms with Gasteiger partial charge < -0.3 is 10.2 Å². The molecule has 0 aromatic carbocycles. The van der Waals surface area contributed by atoms with E-state index in [0.717, 1.165) is 45.2 Å². The fraction of sp³-hybridized carbons (Fsp3) is 0.929. The van der Waals surface area contributed by atoms with Gasteiger partial charge in [0.15, 0.2) is 0 Å². The number of carbonyl (C=O) groups excluding carboxylic acids is 1. The fourth-order valence-corrected chi connectivity index (χ4v) is 2.56. The van der Waals surface area contributed by atoms with Crippen molar-refractivity contribution in [2.24, 2.45) is 5.92 Å². The van der Waals surface area contributed by atoms with Crippen LogP contribution in [-0.2, 0) is 4.79 Å². The zero-order valence-corrected chi connectivity index (χ0v) is 12.2. The van der Waals surface area contributed by atoms with E-state index in [1.54, 1.807) is 0 Å². The number of amides is 1. The Hall–Kier alpha value is -0.610. The molecule has 0 aliphatic carbocycles. The highest BCUT2D eigenvalue weighted by atomic mass is 16.2. The van der Waals surface area contributed by atoms with E-state index in [4.69, 9.17) is 0 Å². The molecule has 0 aromatic rings. The molecule has 1 saturated heterocycles. The van der Waals surface area contributed by atoms with E-state index in [1.165, 1.54) is 12.8 Å². The summed E-state index contributed by atoms with van der Waals surface area (Å²) in [7, 11) is 0. The molecule has 1 aliphatic rings. The summed E-state index contributed by atoms with van der Waals surface area (Å²) in [6.07, 6.45) is 2.44. The lowest BCUT2D eigenvalue weighted by Gasteiger charge is -2.32. The van der Waals surface area contributed by atoms with Crippen molar-refractivity contribution in [1.82, 2.24) is 15.1 Å². The predicted octanol–water partition coefficient (Wildman–Crippen LogP) is 1.18. The van der Waals surface area contributed by atoms with Crippen LogP contribution in [0.2, 0.25) is 0 Å². The molecule has 1 heterocycles. The number of rotatable bonds is 7. The molecule has 4 nitrogen and oxygen atoms in total. The van der Waals surface area contributed by atoms with E-state index in [2.05, 4.69) is 17.1 Å². The molecule has 1 amide bonds. The highest BCUT2D eigenvalue weighted by Crippen LogP contribution is 2.16. The molecule has 106 valence electrons. The van der Waals surface area contributed by atoms with Gasteiger partial charge in [0.1, 0.15) is 0 Å². The molecule has 1 aliphatic heterocycles. The van der Waals surface area contributed by atoms with Gasteiger partial charge in [-0.3, -0.25) is 9.69 Å². The maximum absolute atomic E-state index is 12.0. The Morgan fingerprint density at radius 3 is 2.33 bits per heavy atom. The highest BCUT2D eigenvalue weighted by Gasteiger charge is 2.21. The van der Waals surface area contributed by atoms with Crippen molar-refractivity contribution in [3.63, 3.8) is 0 Å². The van der Waals surface area contributed by atoms with Crippen LogP contribution in [0.4, 0.5) is 0 Å². The van der Waals surface area contributed by atoms with E-state index in [-0.39, 0.29) is 5.91 Å². The summed E-state index contributed by atoms with van der Waals surface area (Å²) in [5.74, 6) is 1.08. The monoisotopic (exact) mass is 255 g/mol. The average Bonchev–Trinajstić information content (AvgIpc) is 2.39. The number of hydrogen-bond acceptors (Lipinski definition) is 3. The molecule has 1 rings (SSSR count). The Balaban J connectivity index is 2.24. The Morgan fingerprint density at radius 1 is 1.22 bits per heavy atom. The van der Waals surface area contributed by atoms with Gasteiger partial charge in [-0.15, -0.1) is 0 Å². The number of carbonyl (C=O) groups is 1. The zero-order valence-electron chi connectivity index (χ0n) is 12.2. The Labute approximate surface area is 112 Å². The number of likely N-dealkylation sites (tertiary alicyclic amines) is 1. The molecule has 0 saturated carbocycles. The minimum atomic E-state index is 0.283. The smallest absolute Gasteiger partial charge is 0.236 e. The lowest BCUT2D eigenvalue weighted by Crippen LogP contribution is -2.44. The number of likely N-dealkylation sites (N-methyl/N-ethyl adjacent to an activating group) is 1. The third-order valence-electron chi connectivity index (χ3n) is 3.87. The maximum Gasteiger partial charge on any atom is 0.236 e. The van der Waals surface area contributed by atoms with Crippen LogP contribution in [0.5, 0.6) is 0 Å². The number of hydrogen-bond donors (Lipinski definition) is 1. The quantitative estimate of drug-likeness (QED) is 0.742. The van der Waals surface area contributed by atoms with Crippen molar-refractivity contribution in [2.45, 2.75) is 33.6 Å². The van der Waals surface area contributed by atoms with E-state index in [0.29, 0.717) is 6.54 Å². The minimum absolute atomic E-state index is 0.283. The largest absolute Gasteiger partial charge is 0.342 e. The summed E-state index contributed by atoms with van der Waals surface area (Å²) in [6.45, 7) is 12.8. The van der Waals surface area contributed by atoms with Crippen LogP contribution < -0.4 is 5.32 Å². The Kier molecular flexibility index (Phi) is 7.28. The van der Waals surface area contributed by atoms with E-state index in [1.807, 2.05) is 18.7 Å². The second-order valence-corrected chi connectivity index (χ2v) is 5.09. The first-order valence-electron chi connectivity index (χ1n) is 7.42. The van der Waals surface area contributed by atoms with Crippen molar-refractivity contribution in [2.75, 3.05) is 45.8 Å². The predicted molar refractivity (Wildman–Crippen MR) is 75.6 cm³/mol. The van der Waals surface area contributed by atoms with Crippen LogP contribution in [0, 0.1) is 5.92 Å². The minimum Gasteiger partial charge on any atom is -0.342 e. The van der Waals surface area contributed by atoms with Gasteiger partial charge >= 0.3 is 0 Å². The van der Waals surface area contributed by atoms with Gasteiger partial charge in [-0.2, -0.15) is 0 Å². The first-order valence-corrected chi connectivity index (χ1v) is 7.42. The van der Waals surface area contributed by atoms with Gasteiger partial charge in [0, 0.05) is 13.1 Å². The standard InChI is InChI=1S/C14H29N3O/c1-4-15-11-13-7-9-16(10-8-13)12-14(18)17(5-2)6-3/h13,15H,4-12H2,1-3H3. The van der Waals surface area contributed by atoms with Gasteiger partial charge in [0.2, 0.25) is 5.91 Å². The number of nitrogens with one attached hydrogen (secondary N) is 1. The van der Waals surface area contributed by atoms with Gasteiger partial charge in [-0.25, -0.2) is 0 Å². The van der Waals surface area contributed by atoms with Gasteiger partial charge in [0.25, 0.3) is 0 Å². The van der Waals surface area contributed by atoms with E-state index in [9.17, 15) is 4.79 Å². The second-order valence-electron chi connectivity index (χ2n) is 5.09. The van der Waals surface area contributed by atoms with Gasteiger partial charge in [-0.05, 0) is 58.8 Å². The molecule has 0 bridgehead atoms. The fourth-order valence-electron chi connectivity index (χ4n) is 2.56. The third kappa shape index (κ3) is 4.94. The average molecular weight is 255 g/mol. The van der Waals surface area contributed by atoms with Crippen LogP contribution in [0.15, 0.2) is 0 Å². The molecular formula is C14H29N3O. The summed E-state index contributed by atoms with van der Waals surface area (Å²) >= 11 is 0. The molecule has 0 unspecified atom stereocenters. The molecule has 0 aromatic heterocycles. The second kappa shape index (κ2) is 8.48. The van der Waals surface area contributed by atoms with Gasteiger partial charge in [0.05, 0.1) is 6.54 Å². The summed E-state index contributed by atoms with van der Waals surface area (Å²) in [5.41, 5.74) is 0. The first kappa shape index (κ1) is 15.4. The zero-order chi connectivity index (χ0) is 13.4. The third-order valence-corrected chi connectivity index (χ3v) is 3.87. The lowest BCUT2D eigenvalue weighted by atomic mass is 9.97. The van der Waals surface area contributed by atoms with Crippen molar-refractivity contribution >= 4 is 5.91 Å². The van der Waals surface area contributed by atoms with Crippen molar-refractivity contribution in [1.29, 1.82) is 0 Å². The normalized spacial score (nSPS) is 17.9. The highest BCUT2D eigenvalue weighted by molar-refractivity contribution is 5.78. The van der Waals surface area contributed by atoms with E-state index < -0.39 is 0 Å². The van der Waals surface area contributed by atoms with Crippen LogP contribution in [-0.4, -0.2) is 61.5 Å². The molecule has 1 N–H and O–H groups in total. The SMILES string of the molecule is CCNCC1CCN(CC(=O)N(CC)CC)CC1. The molecule has 1 fully saturated rings. The van der Waals surface area contributed by atoms with Crippen LogP contribution in [0.25, 0.3) is 0 Å². The van der Waals surface area contributed by atoms with Gasteiger partial charge in [-0.1, -0.05) is 6.92 Å². The molecule has 4 heteroatoms. The Morgan fingerprint density at radius 2 is 1.83 bits per heavy atom. The molecule has 0 atom stereocenters. The summed E-state index contributed by atoms with van der Waals surface area (Å²) in [5, 5.41) is 3.42. The van der Waals surface area contributed by atoms with Crippen molar-refractivity contribution in [3.8, 4) is 0 Å². The van der Waals surface area contributed by atoms with Crippen LogP contribution >= 0.6 is 0 Å². The van der Waals surface area contributed by atoms with E-state index >= 15 is 0 Å². The van der Waals surface area contributed by atoms with Crippen LogP contribution in [0.3, 0.4) is 0 Å². The number of nitrogens with zero attached hydrogens (tertiary/aromatic N) is 2. The summed E-state index contributed by atoms with van der Waals surface area (Å²) in [4.78, 5) is 16.2. The first-order chi connectivity index (χ1) is 8.71. The maximum atomic E-state index is 12.0. The van der Waals surface area contributed by atoms with Crippen LogP contribution in [0.1, 0.15) is 33.6 Å². The molecule has 18 heavy (non-hydrogen) atoms. The summed E-state index contributed by atoms with van der Waals surface area (Å²) < 4.78 is 0. The van der Waals surface area contributed by atoms with Crippen molar-refractivity contribution in [3.05, 3.63) is 0 Å². The number of piperidine rings is 1. The topological polar surface area (TPSA) is 35.6 Å². The summed E-state index contributed by atoms with van der Waals surface area (Å²) in [6, 6.07) is 0. The molecule has 0 spiro atoms. The van der Waals surface area contributed by atoms with Crippen molar-refractivity contribution < 1.29 is 4.79 Å². The molecular weight excluding hydrogens is 226 g/mol.